The highest BCUT2D eigenvalue weighted by molar-refractivity contribution is 5.76. The Kier molecular flexibility index (Phi) is 62.4. The molecular weight excluding hydrogens is 911 g/mol. The molecule has 0 rings (SSSR count). The number of hydrogen-bond acceptors (Lipinski definition) is 5. The van der Waals surface area contributed by atoms with E-state index in [-0.39, 0.29) is 18.5 Å². The zero-order chi connectivity index (χ0) is 53.6. The molecule has 0 fully saturated rings. The number of carbonyl (C=O) groups excluding carboxylic acids is 2. The van der Waals surface area contributed by atoms with Crippen molar-refractivity contribution >= 4 is 11.9 Å². The lowest BCUT2D eigenvalue weighted by atomic mass is 10.0. The van der Waals surface area contributed by atoms with E-state index >= 15 is 0 Å². The predicted molar refractivity (Wildman–Crippen MR) is 324 cm³/mol. The average Bonchev–Trinajstić information content (AvgIpc) is 3.40. The summed E-state index contributed by atoms with van der Waals surface area (Å²) in [6.07, 6.45) is 79.6. The van der Waals surface area contributed by atoms with E-state index < -0.39 is 12.1 Å². The lowest BCUT2D eigenvalue weighted by molar-refractivity contribution is -0.143. The molecule has 2 unspecified atom stereocenters. The summed E-state index contributed by atoms with van der Waals surface area (Å²) in [6.45, 7) is 4.90. The van der Waals surface area contributed by atoms with Crippen molar-refractivity contribution in [2.75, 3.05) is 13.2 Å². The predicted octanol–water partition coefficient (Wildman–Crippen LogP) is 21.4. The van der Waals surface area contributed by atoms with Crippen molar-refractivity contribution in [3.8, 4) is 0 Å². The third kappa shape index (κ3) is 59.6. The standard InChI is InChI=1S/C68H131NO5/c1-3-5-7-9-11-13-15-16-17-18-19-20-25-28-31-34-37-41-44-48-52-56-60-66(71)65(64-70)69-67(72)61-57-53-49-45-42-38-35-32-29-26-23-21-22-24-27-30-33-36-39-43-47-51-55-59-63-74-68(73)62-58-54-50-46-40-14-12-10-8-6-4-2/h10,12,56,60,65-66,70-71H,3-9,11,13-55,57-59,61-64H2,1-2H3,(H,69,72)/b12-10-,60-56+. The van der Waals surface area contributed by atoms with Crippen molar-refractivity contribution in [1.82, 2.24) is 5.32 Å². The van der Waals surface area contributed by atoms with Crippen LogP contribution < -0.4 is 5.32 Å². The summed E-state index contributed by atoms with van der Waals surface area (Å²) in [6, 6.07) is -0.628. The van der Waals surface area contributed by atoms with Gasteiger partial charge in [-0.15, -0.1) is 0 Å². The third-order valence-corrected chi connectivity index (χ3v) is 15.7. The van der Waals surface area contributed by atoms with Crippen molar-refractivity contribution in [3.05, 3.63) is 24.3 Å². The van der Waals surface area contributed by atoms with Gasteiger partial charge in [-0.3, -0.25) is 9.59 Å². The van der Waals surface area contributed by atoms with Crippen LogP contribution in [-0.2, 0) is 14.3 Å². The van der Waals surface area contributed by atoms with Gasteiger partial charge in [0.05, 0.1) is 25.4 Å². The van der Waals surface area contributed by atoms with Crippen molar-refractivity contribution < 1.29 is 24.5 Å². The van der Waals surface area contributed by atoms with Crippen LogP contribution in [0.1, 0.15) is 373 Å². The van der Waals surface area contributed by atoms with Gasteiger partial charge in [-0.05, 0) is 51.4 Å². The number of carbonyl (C=O) groups is 2. The minimum Gasteiger partial charge on any atom is -0.466 e. The zero-order valence-corrected chi connectivity index (χ0v) is 50.1. The van der Waals surface area contributed by atoms with E-state index in [1.54, 1.807) is 6.08 Å². The molecule has 74 heavy (non-hydrogen) atoms. The van der Waals surface area contributed by atoms with Gasteiger partial charge < -0.3 is 20.3 Å². The Hall–Kier alpha value is -1.66. The van der Waals surface area contributed by atoms with Crippen molar-refractivity contribution in [3.63, 3.8) is 0 Å². The molecule has 6 nitrogen and oxygen atoms in total. The maximum atomic E-state index is 12.5. The molecule has 0 aromatic rings. The first-order valence-corrected chi connectivity index (χ1v) is 33.6. The van der Waals surface area contributed by atoms with Crippen LogP contribution in [0.15, 0.2) is 24.3 Å². The van der Waals surface area contributed by atoms with Gasteiger partial charge in [0.15, 0.2) is 0 Å². The molecule has 3 N–H and O–H groups in total. The highest BCUT2D eigenvalue weighted by atomic mass is 16.5. The Labute approximate surface area is 462 Å². The summed E-state index contributed by atoms with van der Waals surface area (Å²) in [5, 5.41) is 23.2. The first-order chi connectivity index (χ1) is 36.5. The summed E-state index contributed by atoms with van der Waals surface area (Å²) < 4.78 is 5.46. The van der Waals surface area contributed by atoms with Gasteiger partial charge in [-0.2, -0.15) is 0 Å². The number of aliphatic hydroxyl groups excluding tert-OH is 2. The molecule has 0 saturated carbocycles. The average molecular weight is 1040 g/mol. The van der Waals surface area contributed by atoms with Crippen LogP contribution in [0.3, 0.4) is 0 Å². The van der Waals surface area contributed by atoms with Crippen molar-refractivity contribution in [2.45, 2.75) is 386 Å². The van der Waals surface area contributed by atoms with Crippen LogP contribution in [0.5, 0.6) is 0 Å². The number of hydrogen-bond donors (Lipinski definition) is 3. The van der Waals surface area contributed by atoms with Crippen LogP contribution in [-0.4, -0.2) is 47.4 Å². The highest BCUT2D eigenvalue weighted by Gasteiger charge is 2.18. The number of aliphatic hydroxyl groups is 2. The maximum absolute atomic E-state index is 12.5. The molecule has 0 radical (unpaired) electrons. The number of rotatable bonds is 63. The number of allylic oxidation sites excluding steroid dienone is 3. The van der Waals surface area contributed by atoms with Crippen LogP contribution in [0.2, 0.25) is 0 Å². The van der Waals surface area contributed by atoms with E-state index in [9.17, 15) is 19.8 Å². The maximum Gasteiger partial charge on any atom is 0.305 e. The molecule has 0 aromatic heterocycles. The fraction of sp³-hybridized carbons (Fsp3) is 0.912. The van der Waals surface area contributed by atoms with Crippen LogP contribution in [0.4, 0.5) is 0 Å². The van der Waals surface area contributed by atoms with Crippen molar-refractivity contribution in [2.24, 2.45) is 0 Å². The molecule has 0 aliphatic rings. The Bertz CT molecular complexity index is 1150. The smallest absolute Gasteiger partial charge is 0.305 e. The van der Waals surface area contributed by atoms with Gasteiger partial charge in [0, 0.05) is 12.8 Å². The number of esters is 1. The SMILES string of the molecule is CCCC/C=C\CCCCCCCC(=O)OCCCCCCCCCCCCCCCCCCCCCCCCCCC(=O)NC(CO)C(O)/C=C/CCCCCCCCCCCCCCCCCCCCCC. The number of nitrogens with one attached hydrogen (secondary N) is 1. The van der Waals surface area contributed by atoms with Crippen LogP contribution >= 0.6 is 0 Å². The molecule has 1 amide bonds. The lowest BCUT2D eigenvalue weighted by Gasteiger charge is -2.20. The molecule has 0 aromatic carbocycles. The minimum atomic E-state index is -0.844. The topological polar surface area (TPSA) is 95.9 Å². The molecule has 0 aliphatic heterocycles. The molecule has 6 heteroatoms. The fourth-order valence-corrected chi connectivity index (χ4v) is 10.6. The van der Waals surface area contributed by atoms with Gasteiger partial charge in [0.1, 0.15) is 0 Å². The molecule has 0 spiro atoms. The molecular formula is C68H131NO5. The van der Waals surface area contributed by atoms with Gasteiger partial charge in [0.25, 0.3) is 0 Å². The molecule has 0 aliphatic carbocycles. The van der Waals surface area contributed by atoms with Crippen LogP contribution in [0, 0.1) is 0 Å². The van der Waals surface area contributed by atoms with E-state index in [0.29, 0.717) is 19.4 Å². The highest BCUT2D eigenvalue weighted by Crippen LogP contribution is 2.19. The quantitative estimate of drug-likeness (QED) is 0.0320. The van der Waals surface area contributed by atoms with E-state index in [0.717, 1.165) is 44.9 Å². The molecule has 438 valence electrons. The molecule has 0 bridgehead atoms. The van der Waals surface area contributed by atoms with Gasteiger partial charge in [-0.25, -0.2) is 0 Å². The Morgan fingerprint density at radius 3 is 1.00 bits per heavy atom. The minimum absolute atomic E-state index is 0.00440. The summed E-state index contributed by atoms with van der Waals surface area (Å²) in [5.41, 5.74) is 0. The lowest BCUT2D eigenvalue weighted by Crippen LogP contribution is -2.45. The zero-order valence-electron chi connectivity index (χ0n) is 50.1. The molecule has 0 heterocycles. The van der Waals surface area contributed by atoms with Gasteiger partial charge in [-0.1, -0.05) is 334 Å². The Morgan fingerprint density at radius 1 is 0.365 bits per heavy atom. The summed E-state index contributed by atoms with van der Waals surface area (Å²) >= 11 is 0. The van der Waals surface area contributed by atoms with E-state index in [1.165, 1.54) is 302 Å². The summed E-state index contributed by atoms with van der Waals surface area (Å²) in [5.74, 6) is -0.0586. The first-order valence-electron chi connectivity index (χ1n) is 33.6. The monoisotopic (exact) mass is 1040 g/mol. The number of unbranched alkanes of at least 4 members (excludes halogenated alkanes) is 50. The van der Waals surface area contributed by atoms with E-state index in [2.05, 4.69) is 31.3 Å². The molecule has 0 saturated heterocycles. The number of amides is 1. The summed E-state index contributed by atoms with van der Waals surface area (Å²) in [7, 11) is 0. The van der Waals surface area contributed by atoms with Gasteiger partial charge >= 0.3 is 5.97 Å². The molecule has 2 atom stereocenters. The summed E-state index contributed by atoms with van der Waals surface area (Å²) in [4.78, 5) is 24.5. The van der Waals surface area contributed by atoms with E-state index in [1.807, 2.05) is 6.08 Å². The Balaban J connectivity index is 3.40. The second-order valence-corrected chi connectivity index (χ2v) is 23.2. The number of ether oxygens (including phenoxy) is 1. The van der Waals surface area contributed by atoms with E-state index in [4.69, 9.17) is 4.74 Å². The normalized spacial score (nSPS) is 12.6. The second kappa shape index (κ2) is 63.9. The second-order valence-electron chi connectivity index (χ2n) is 23.2. The van der Waals surface area contributed by atoms with Gasteiger partial charge in [0.2, 0.25) is 5.91 Å². The fourth-order valence-electron chi connectivity index (χ4n) is 10.6. The largest absolute Gasteiger partial charge is 0.466 e. The first kappa shape index (κ1) is 72.3. The Morgan fingerprint density at radius 2 is 0.649 bits per heavy atom. The van der Waals surface area contributed by atoms with Crippen molar-refractivity contribution in [1.29, 1.82) is 0 Å². The third-order valence-electron chi connectivity index (χ3n) is 15.7. The van der Waals surface area contributed by atoms with Crippen LogP contribution in [0.25, 0.3) is 0 Å².